The highest BCUT2D eigenvalue weighted by molar-refractivity contribution is 5.84. The van der Waals surface area contributed by atoms with E-state index in [2.05, 4.69) is 4.98 Å². The normalized spacial score (nSPS) is 13.5. The summed E-state index contributed by atoms with van der Waals surface area (Å²) in [5.41, 5.74) is 29.9. The summed E-state index contributed by atoms with van der Waals surface area (Å²) in [5, 5.41) is 60.5. The Kier molecular flexibility index (Phi) is 23.3. The van der Waals surface area contributed by atoms with Crippen LogP contribution in [0, 0.1) is 5.92 Å². The SMILES string of the molecule is CC(C)C(N)C(=O)O.CC(O)C(N)C(=O)O.NC(Cc1c[nH]c2ccccc12)C(=O)O.NC(Cc1ccc(O)cc1)C(=O)O.NC(Cc1ccccc1)C(=O)O. The number of para-hydroxylation sites is 1. The number of aromatic amines is 1. The number of phenols is 1. The molecule has 56 heavy (non-hydrogen) atoms. The predicted octanol–water partition coefficient (Wildman–Crippen LogP) is 0.943. The van der Waals surface area contributed by atoms with Crippen molar-refractivity contribution in [2.24, 2.45) is 34.6 Å². The van der Waals surface area contributed by atoms with Crippen LogP contribution in [0.1, 0.15) is 37.5 Å². The fraction of sp³-hybridized carbons (Fsp3) is 0.342. The summed E-state index contributed by atoms with van der Waals surface area (Å²) >= 11 is 0. The third-order valence-corrected chi connectivity index (χ3v) is 7.56. The van der Waals surface area contributed by atoms with Gasteiger partial charge in [0, 0.05) is 23.5 Å². The monoisotopic (exact) mass is 786 g/mol. The second kappa shape index (κ2) is 26.0. The first-order chi connectivity index (χ1) is 26.1. The number of nitrogens with one attached hydrogen (secondary N) is 1. The summed E-state index contributed by atoms with van der Waals surface area (Å²) in [6.07, 6.45) is 1.84. The molecule has 0 aliphatic heterocycles. The van der Waals surface area contributed by atoms with Gasteiger partial charge in [-0.2, -0.15) is 0 Å². The lowest BCUT2D eigenvalue weighted by atomic mass is 10.1. The molecule has 0 saturated carbocycles. The van der Waals surface area contributed by atoms with Gasteiger partial charge in [-0.3, -0.25) is 24.0 Å². The molecule has 6 atom stereocenters. The van der Waals surface area contributed by atoms with E-state index in [9.17, 15) is 24.0 Å². The van der Waals surface area contributed by atoms with E-state index in [-0.39, 0.29) is 18.1 Å². The molecule has 1 aromatic heterocycles. The van der Waals surface area contributed by atoms with Crippen molar-refractivity contribution in [2.75, 3.05) is 0 Å². The molecule has 0 saturated heterocycles. The van der Waals surface area contributed by atoms with Gasteiger partial charge in [0.05, 0.1) is 6.10 Å². The van der Waals surface area contributed by atoms with Crippen LogP contribution >= 0.6 is 0 Å². The zero-order chi connectivity index (χ0) is 43.1. The molecule has 0 aliphatic rings. The largest absolute Gasteiger partial charge is 0.508 e. The summed E-state index contributed by atoms with van der Waals surface area (Å²) < 4.78 is 0. The maximum absolute atomic E-state index is 10.6. The van der Waals surface area contributed by atoms with Crippen molar-refractivity contribution in [1.82, 2.24) is 4.98 Å². The second-order valence-electron chi connectivity index (χ2n) is 12.7. The van der Waals surface area contributed by atoms with Gasteiger partial charge in [-0.15, -0.1) is 0 Å². The average molecular weight is 787 g/mol. The highest BCUT2D eigenvalue weighted by atomic mass is 16.4. The Morgan fingerprint density at radius 2 is 0.964 bits per heavy atom. The first-order valence-corrected chi connectivity index (χ1v) is 17.1. The van der Waals surface area contributed by atoms with Crippen molar-refractivity contribution < 1.29 is 59.7 Å². The first-order valence-electron chi connectivity index (χ1n) is 17.1. The van der Waals surface area contributed by atoms with E-state index in [1.807, 2.05) is 60.8 Å². The van der Waals surface area contributed by atoms with E-state index in [1.54, 1.807) is 26.0 Å². The molecule has 0 fully saturated rings. The molecule has 0 amide bonds. The number of aliphatic carboxylic acids is 5. The third kappa shape index (κ3) is 20.5. The molecule has 18 N–H and O–H groups in total. The van der Waals surface area contributed by atoms with E-state index in [0.29, 0.717) is 12.8 Å². The standard InChI is InChI=1S/C11H12N2O2.C9H11NO3.C9H11NO2.C5H11NO2.C4H9NO3/c12-9(11(14)15)5-7-6-13-10-4-2-1-3-8(7)10;10-8(9(12)13)5-6-1-3-7(11)4-2-6;10-8(9(11)12)6-7-4-2-1-3-5-7;1-3(2)4(6)5(7)8;1-2(6)3(5)4(7)8/h1-4,6,9,13H,5,12H2,(H,14,15);1-4,8,11H,5,10H2,(H,12,13);1-5,8H,6,10H2,(H,11,12);3-4H,6H2,1-2H3,(H,7,8);2-3,6H,5H2,1H3,(H,7,8). The summed E-state index contributed by atoms with van der Waals surface area (Å²) in [6.45, 7) is 4.89. The zero-order valence-electron chi connectivity index (χ0n) is 31.3. The van der Waals surface area contributed by atoms with Crippen molar-refractivity contribution in [3.05, 3.63) is 102 Å². The number of H-pyrrole nitrogens is 1. The lowest BCUT2D eigenvalue weighted by Gasteiger charge is -2.07. The second-order valence-corrected chi connectivity index (χ2v) is 12.7. The number of aliphatic hydroxyl groups is 1. The topological polar surface area (TPSA) is 373 Å². The Morgan fingerprint density at radius 3 is 1.34 bits per heavy atom. The van der Waals surface area contributed by atoms with E-state index in [4.69, 9.17) is 64.4 Å². The van der Waals surface area contributed by atoms with Gasteiger partial charge in [0.1, 0.15) is 36.0 Å². The fourth-order valence-electron chi connectivity index (χ4n) is 4.04. The van der Waals surface area contributed by atoms with Gasteiger partial charge in [-0.05, 0) is 60.6 Å². The number of phenolic OH excluding ortho intramolecular Hbond substituents is 1. The number of aromatic hydroxyl groups is 1. The van der Waals surface area contributed by atoms with Gasteiger partial charge < -0.3 is 69.4 Å². The maximum atomic E-state index is 10.6. The Balaban J connectivity index is 0.000000691. The average Bonchev–Trinajstić information content (AvgIpc) is 3.55. The van der Waals surface area contributed by atoms with Crippen LogP contribution in [0.2, 0.25) is 0 Å². The molecule has 4 aromatic rings. The smallest absolute Gasteiger partial charge is 0.323 e. The Morgan fingerprint density at radius 1 is 0.554 bits per heavy atom. The van der Waals surface area contributed by atoms with Crippen molar-refractivity contribution in [2.45, 2.75) is 76.3 Å². The number of hydrogen-bond donors (Lipinski definition) is 13. The molecule has 1 heterocycles. The van der Waals surface area contributed by atoms with Gasteiger partial charge in [0.2, 0.25) is 0 Å². The molecule has 18 nitrogen and oxygen atoms in total. The molecule has 0 spiro atoms. The molecular formula is C38H54N6O12. The van der Waals surface area contributed by atoms with E-state index in [0.717, 1.165) is 27.6 Å². The lowest BCUT2D eigenvalue weighted by molar-refractivity contribution is -0.141. The minimum absolute atomic E-state index is 0.0208. The molecule has 0 radical (unpaired) electrons. The highest BCUT2D eigenvalue weighted by Crippen LogP contribution is 2.18. The molecule has 4 rings (SSSR count). The van der Waals surface area contributed by atoms with Crippen molar-refractivity contribution in [3.8, 4) is 5.75 Å². The Labute approximate surface area is 323 Å². The predicted molar refractivity (Wildman–Crippen MR) is 209 cm³/mol. The van der Waals surface area contributed by atoms with Crippen LogP contribution in [-0.2, 0) is 43.2 Å². The van der Waals surface area contributed by atoms with Crippen molar-refractivity contribution in [1.29, 1.82) is 0 Å². The summed E-state index contributed by atoms with van der Waals surface area (Å²) in [4.78, 5) is 54.4. The number of carboxylic acids is 5. The van der Waals surface area contributed by atoms with Crippen molar-refractivity contribution in [3.63, 3.8) is 0 Å². The van der Waals surface area contributed by atoms with Crippen LogP contribution in [0.25, 0.3) is 10.9 Å². The Hall–Kier alpha value is -5.89. The van der Waals surface area contributed by atoms with Crippen LogP contribution in [0.4, 0.5) is 0 Å². The molecule has 6 unspecified atom stereocenters. The van der Waals surface area contributed by atoms with Gasteiger partial charge in [-0.1, -0.05) is 74.5 Å². The van der Waals surface area contributed by atoms with Gasteiger partial charge in [0.15, 0.2) is 0 Å². The quantitative estimate of drug-likeness (QED) is 0.0896. The number of rotatable bonds is 13. The van der Waals surface area contributed by atoms with Crippen LogP contribution in [-0.4, -0.2) is 107 Å². The zero-order valence-corrected chi connectivity index (χ0v) is 31.3. The fourth-order valence-corrected chi connectivity index (χ4v) is 4.04. The number of nitrogens with two attached hydrogens (primary N) is 5. The summed E-state index contributed by atoms with van der Waals surface area (Å²) in [5.74, 6) is -4.88. The van der Waals surface area contributed by atoms with E-state index < -0.39 is 66.2 Å². The number of aliphatic hydroxyl groups excluding tert-OH is 1. The van der Waals surface area contributed by atoms with Crippen molar-refractivity contribution >= 4 is 40.7 Å². The van der Waals surface area contributed by atoms with Crippen LogP contribution in [0.3, 0.4) is 0 Å². The van der Waals surface area contributed by atoms with Gasteiger partial charge >= 0.3 is 29.8 Å². The number of carbonyl (C=O) groups is 5. The number of fused-ring (bicyclic) bond motifs is 1. The molecule has 18 heteroatoms. The molecule has 3 aromatic carbocycles. The number of benzene rings is 3. The van der Waals surface area contributed by atoms with Crippen LogP contribution in [0.5, 0.6) is 5.75 Å². The molecular weight excluding hydrogens is 732 g/mol. The van der Waals surface area contributed by atoms with Gasteiger partial charge in [-0.25, -0.2) is 0 Å². The number of aromatic nitrogens is 1. The molecule has 0 aliphatic carbocycles. The minimum Gasteiger partial charge on any atom is -0.508 e. The maximum Gasteiger partial charge on any atom is 0.323 e. The Bertz CT molecular complexity index is 1760. The van der Waals surface area contributed by atoms with E-state index >= 15 is 0 Å². The van der Waals surface area contributed by atoms with Crippen LogP contribution < -0.4 is 28.7 Å². The lowest BCUT2D eigenvalue weighted by Crippen LogP contribution is -2.39. The summed E-state index contributed by atoms with van der Waals surface area (Å²) in [7, 11) is 0. The number of hydrogen-bond acceptors (Lipinski definition) is 12. The van der Waals surface area contributed by atoms with E-state index in [1.165, 1.54) is 19.1 Å². The highest BCUT2D eigenvalue weighted by Gasteiger charge is 2.17. The number of carboxylic acid groups (broad SMARTS) is 5. The summed E-state index contributed by atoms with van der Waals surface area (Å²) in [6, 6.07) is 19.0. The minimum atomic E-state index is -1.18. The first kappa shape index (κ1) is 50.1. The van der Waals surface area contributed by atoms with Crippen LogP contribution in [0.15, 0.2) is 85.1 Å². The molecule has 0 bridgehead atoms. The van der Waals surface area contributed by atoms with Gasteiger partial charge in [0.25, 0.3) is 0 Å². The molecule has 308 valence electrons. The third-order valence-electron chi connectivity index (χ3n) is 7.56.